The van der Waals surface area contributed by atoms with Crippen LogP contribution in [0.2, 0.25) is 0 Å². The van der Waals surface area contributed by atoms with Crippen LogP contribution >= 0.6 is 15.5 Å². The number of benzene rings is 2. The molecule has 0 atom stereocenters. The monoisotopic (exact) mass is 327 g/mol. The van der Waals surface area contributed by atoms with Gasteiger partial charge in [0.1, 0.15) is 11.5 Å². The number of hydrogen-bond acceptors (Lipinski definition) is 6. The first kappa shape index (κ1) is 15.8. The molecular formula is C12H11NO6P2-2. The van der Waals surface area contributed by atoms with Gasteiger partial charge in [0.25, 0.3) is 0 Å². The van der Waals surface area contributed by atoms with Gasteiger partial charge < -0.3 is 23.4 Å². The van der Waals surface area contributed by atoms with E-state index in [0.29, 0.717) is 0 Å². The van der Waals surface area contributed by atoms with Crippen molar-refractivity contribution in [1.29, 1.82) is 0 Å². The molecular weight excluding hydrogens is 316 g/mol. The zero-order valence-electron chi connectivity index (χ0n) is 10.6. The molecule has 0 fully saturated rings. The van der Waals surface area contributed by atoms with Crippen molar-refractivity contribution in [2.75, 3.05) is 0 Å². The molecule has 0 amide bonds. The van der Waals surface area contributed by atoms with Gasteiger partial charge in [0.2, 0.25) is 0 Å². The molecule has 0 aliphatic heterocycles. The van der Waals surface area contributed by atoms with E-state index in [1.54, 1.807) is 36.4 Å². The lowest BCUT2D eigenvalue weighted by Gasteiger charge is -2.33. The molecule has 0 aliphatic rings. The highest BCUT2D eigenvalue weighted by atomic mass is 31.3. The molecule has 0 bridgehead atoms. The zero-order chi connectivity index (χ0) is 15.3. The second-order valence-corrected chi connectivity index (χ2v) is 7.06. The van der Waals surface area contributed by atoms with Gasteiger partial charge in [-0.1, -0.05) is 36.4 Å². The zero-order valence-corrected chi connectivity index (χ0v) is 12.4. The van der Waals surface area contributed by atoms with Gasteiger partial charge in [0.05, 0.1) is 0 Å². The minimum Gasteiger partial charge on any atom is -0.799 e. The Morgan fingerprint density at radius 1 is 0.762 bits per heavy atom. The molecule has 0 aromatic heterocycles. The van der Waals surface area contributed by atoms with Gasteiger partial charge >= 0.3 is 7.75 Å². The molecule has 112 valence electrons. The van der Waals surface area contributed by atoms with Crippen LogP contribution in [0.3, 0.4) is 0 Å². The summed E-state index contributed by atoms with van der Waals surface area (Å²) in [6, 6.07) is 15.5. The molecule has 7 nitrogen and oxygen atoms in total. The molecule has 1 N–H and O–H groups in total. The molecule has 0 spiro atoms. The Labute approximate surface area is 121 Å². The van der Waals surface area contributed by atoms with E-state index in [0.717, 1.165) is 0 Å². The van der Waals surface area contributed by atoms with Crippen molar-refractivity contribution in [2.45, 2.75) is 0 Å². The summed E-state index contributed by atoms with van der Waals surface area (Å²) in [7, 11) is -9.75. The van der Waals surface area contributed by atoms with Crippen molar-refractivity contribution in [2.24, 2.45) is 0 Å². The van der Waals surface area contributed by atoms with Gasteiger partial charge in [0, 0.05) is 7.75 Å². The molecule has 21 heavy (non-hydrogen) atoms. The second-order valence-electron chi connectivity index (χ2n) is 3.90. The van der Waals surface area contributed by atoms with E-state index in [1.165, 1.54) is 29.1 Å². The molecule has 0 radical (unpaired) electrons. The van der Waals surface area contributed by atoms with Crippen LogP contribution in [-0.4, -0.2) is 0 Å². The van der Waals surface area contributed by atoms with Crippen molar-refractivity contribution in [3.8, 4) is 11.5 Å². The maximum atomic E-state index is 12.4. The van der Waals surface area contributed by atoms with Crippen LogP contribution in [-0.2, 0) is 9.13 Å². The maximum absolute atomic E-state index is 12.4. The average molecular weight is 327 g/mol. The minimum atomic E-state index is -5.32. The number of nitrogens with one attached hydrogen (secondary N) is 1. The van der Waals surface area contributed by atoms with E-state index in [1.807, 2.05) is 0 Å². The third-order valence-electron chi connectivity index (χ3n) is 2.18. The van der Waals surface area contributed by atoms with Crippen LogP contribution in [0.25, 0.3) is 0 Å². The lowest BCUT2D eigenvalue weighted by atomic mass is 10.3. The molecule has 2 aromatic rings. The third-order valence-corrected chi connectivity index (χ3v) is 5.04. The fraction of sp³-hybridized carbons (Fsp3) is 0. The van der Waals surface area contributed by atoms with Crippen molar-refractivity contribution in [1.82, 2.24) is 4.86 Å². The average Bonchev–Trinajstić information content (AvgIpc) is 2.38. The van der Waals surface area contributed by atoms with E-state index in [-0.39, 0.29) is 11.5 Å². The van der Waals surface area contributed by atoms with Crippen LogP contribution < -0.4 is 23.7 Å². The number of para-hydroxylation sites is 2. The molecule has 0 aliphatic carbocycles. The molecule has 9 heteroatoms. The van der Waals surface area contributed by atoms with Crippen LogP contribution in [0.4, 0.5) is 0 Å². The first-order chi connectivity index (χ1) is 9.86. The smallest absolute Gasteiger partial charge is 0.516 e. The molecule has 0 heterocycles. The summed E-state index contributed by atoms with van der Waals surface area (Å²) >= 11 is 0. The van der Waals surface area contributed by atoms with Crippen LogP contribution in [0.5, 0.6) is 11.5 Å². The summed E-state index contributed by atoms with van der Waals surface area (Å²) < 4.78 is 33.4. The highest BCUT2D eigenvalue weighted by Gasteiger charge is 2.29. The summed E-state index contributed by atoms with van der Waals surface area (Å²) in [6.45, 7) is 0. The van der Waals surface area contributed by atoms with E-state index < -0.39 is 15.5 Å². The van der Waals surface area contributed by atoms with Crippen molar-refractivity contribution in [3.05, 3.63) is 60.7 Å². The standard InChI is InChI=1S/C12H13NO6P2/c14-20(15,16)13-21(17,18-11-7-3-1-4-8-11)19-12-9-5-2-6-10-12/h1-10H,(H3,13,14,15,16,17)/p-2. The van der Waals surface area contributed by atoms with Gasteiger partial charge in [-0.2, -0.15) is 4.86 Å². The molecule has 0 saturated carbocycles. The maximum Gasteiger partial charge on any atom is 0.516 e. The second kappa shape index (κ2) is 6.43. The Kier molecular flexibility index (Phi) is 4.83. The predicted octanol–water partition coefficient (Wildman–Crippen LogP) is 1.67. The summed E-state index contributed by atoms with van der Waals surface area (Å²) in [5.74, 6) is 0.190. The van der Waals surface area contributed by atoms with Gasteiger partial charge in [-0.25, -0.2) is 4.57 Å². The summed E-state index contributed by atoms with van der Waals surface area (Å²) in [5.41, 5.74) is 0. The Morgan fingerprint density at radius 2 is 1.14 bits per heavy atom. The van der Waals surface area contributed by atoms with E-state index in [2.05, 4.69) is 0 Å². The Morgan fingerprint density at radius 3 is 1.48 bits per heavy atom. The first-order valence-electron chi connectivity index (χ1n) is 5.77. The van der Waals surface area contributed by atoms with Crippen molar-refractivity contribution < 1.29 is 28.0 Å². The van der Waals surface area contributed by atoms with Gasteiger partial charge in [-0.05, 0) is 24.3 Å². The summed E-state index contributed by atoms with van der Waals surface area (Å²) in [4.78, 5) is 23.1. The Balaban J connectivity index is 2.26. The van der Waals surface area contributed by atoms with Crippen LogP contribution in [0.15, 0.2) is 60.7 Å². The number of rotatable bonds is 6. The van der Waals surface area contributed by atoms with E-state index >= 15 is 0 Å². The van der Waals surface area contributed by atoms with Crippen molar-refractivity contribution >= 4 is 15.5 Å². The molecule has 0 saturated heterocycles. The SMILES string of the molecule is O=P([O-])([O-])NP(=O)(Oc1ccccc1)Oc1ccccc1. The predicted molar refractivity (Wildman–Crippen MR) is 72.5 cm³/mol. The lowest BCUT2D eigenvalue weighted by Crippen LogP contribution is -2.28. The quantitative estimate of drug-likeness (QED) is 0.803. The highest BCUT2D eigenvalue weighted by molar-refractivity contribution is 7.65. The molecule has 2 rings (SSSR count). The fourth-order valence-electron chi connectivity index (χ4n) is 1.45. The van der Waals surface area contributed by atoms with Gasteiger partial charge in [-0.3, -0.25) is 0 Å². The highest BCUT2D eigenvalue weighted by Crippen LogP contribution is 2.49. The van der Waals surface area contributed by atoms with Gasteiger partial charge in [-0.15, -0.1) is 0 Å². The fourth-order valence-corrected chi connectivity index (χ4v) is 3.81. The minimum absolute atomic E-state index is 0.0951. The van der Waals surface area contributed by atoms with E-state index in [9.17, 15) is 18.9 Å². The van der Waals surface area contributed by atoms with E-state index in [4.69, 9.17) is 9.05 Å². The van der Waals surface area contributed by atoms with Gasteiger partial charge in [0.15, 0.2) is 0 Å². The summed E-state index contributed by atoms with van der Waals surface area (Å²) in [6.07, 6.45) is 0. The molecule has 0 unspecified atom stereocenters. The lowest BCUT2D eigenvalue weighted by molar-refractivity contribution is -0.316. The van der Waals surface area contributed by atoms with Crippen LogP contribution in [0, 0.1) is 0 Å². The normalized spacial score (nSPS) is 11.9. The van der Waals surface area contributed by atoms with Crippen molar-refractivity contribution in [3.63, 3.8) is 0 Å². The number of hydrogen-bond donors (Lipinski definition) is 1. The Bertz CT molecular complexity index is 627. The topological polar surface area (TPSA) is 111 Å². The first-order valence-corrected chi connectivity index (χ1v) is 8.86. The Hall–Kier alpha value is -1.62. The third kappa shape index (κ3) is 5.34. The largest absolute Gasteiger partial charge is 0.799 e. The van der Waals surface area contributed by atoms with Crippen LogP contribution in [0.1, 0.15) is 0 Å². The summed E-state index contributed by atoms with van der Waals surface area (Å²) in [5, 5.41) is 0. The molecule has 2 aromatic carbocycles.